The van der Waals surface area contributed by atoms with Gasteiger partial charge in [-0.2, -0.15) is 0 Å². The molecule has 4 heteroatoms. The fourth-order valence-electron chi connectivity index (χ4n) is 2.22. The largest absolute Gasteiger partial charge is 0.397 e. The molecule has 2 aromatic carbocycles. The standard InChI is InChI=1S/C17H21N3O/c1-13-6-5-7-14(10-13)11-20(2)12-17(21)19-16-9-4-3-8-15(16)18/h3-10H,11-12,18H2,1-2H3,(H,19,21). The van der Waals surface area contributed by atoms with Crippen molar-refractivity contribution >= 4 is 17.3 Å². The summed E-state index contributed by atoms with van der Waals surface area (Å²) >= 11 is 0. The number of carbonyl (C=O) groups is 1. The Morgan fingerprint density at radius 2 is 1.95 bits per heavy atom. The van der Waals surface area contributed by atoms with Gasteiger partial charge < -0.3 is 11.1 Å². The summed E-state index contributed by atoms with van der Waals surface area (Å²) in [4.78, 5) is 14.0. The summed E-state index contributed by atoms with van der Waals surface area (Å²) in [5, 5.41) is 2.83. The SMILES string of the molecule is Cc1cccc(CN(C)CC(=O)Nc2ccccc2N)c1. The second-order valence-corrected chi connectivity index (χ2v) is 5.30. The number of rotatable bonds is 5. The fraction of sp³-hybridized carbons (Fsp3) is 0.235. The van der Waals surface area contributed by atoms with Crippen LogP contribution in [0.15, 0.2) is 48.5 Å². The maximum atomic E-state index is 12.0. The van der Waals surface area contributed by atoms with Gasteiger partial charge in [0.1, 0.15) is 0 Å². The molecule has 21 heavy (non-hydrogen) atoms. The molecular weight excluding hydrogens is 262 g/mol. The molecule has 3 N–H and O–H groups in total. The normalized spacial score (nSPS) is 10.6. The molecule has 2 aromatic rings. The van der Waals surface area contributed by atoms with Gasteiger partial charge in [-0.1, -0.05) is 42.0 Å². The van der Waals surface area contributed by atoms with Crippen LogP contribution < -0.4 is 11.1 Å². The van der Waals surface area contributed by atoms with Crippen molar-refractivity contribution in [2.45, 2.75) is 13.5 Å². The first-order chi connectivity index (χ1) is 10.0. The van der Waals surface area contributed by atoms with Gasteiger partial charge in [-0.05, 0) is 31.7 Å². The van der Waals surface area contributed by atoms with Crippen molar-refractivity contribution in [1.29, 1.82) is 0 Å². The number of nitrogens with zero attached hydrogens (tertiary/aromatic N) is 1. The zero-order valence-electron chi connectivity index (χ0n) is 12.5. The topological polar surface area (TPSA) is 58.4 Å². The lowest BCUT2D eigenvalue weighted by atomic mass is 10.1. The molecule has 0 aliphatic rings. The van der Waals surface area contributed by atoms with Crippen LogP contribution in [0.5, 0.6) is 0 Å². The van der Waals surface area contributed by atoms with Gasteiger partial charge in [0.05, 0.1) is 17.9 Å². The number of amides is 1. The molecule has 0 bridgehead atoms. The third-order valence-electron chi connectivity index (χ3n) is 3.18. The number of hydrogen-bond donors (Lipinski definition) is 2. The molecule has 0 aromatic heterocycles. The molecule has 0 heterocycles. The highest BCUT2D eigenvalue weighted by Crippen LogP contribution is 2.16. The molecule has 0 saturated carbocycles. The van der Waals surface area contributed by atoms with Gasteiger partial charge in [-0.3, -0.25) is 9.69 Å². The maximum absolute atomic E-state index is 12.0. The number of likely N-dealkylation sites (N-methyl/N-ethyl adjacent to an activating group) is 1. The third kappa shape index (κ3) is 4.61. The Labute approximate surface area is 125 Å². The highest BCUT2D eigenvalue weighted by molar-refractivity contribution is 5.95. The quantitative estimate of drug-likeness (QED) is 0.829. The molecule has 0 aliphatic heterocycles. The van der Waals surface area contributed by atoms with Gasteiger partial charge in [0.25, 0.3) is 0 Å². The molecule has 0 aliphatic carbocycles. The minimum absolute atomic E-state index is 0.0666. The summed E-state index contributed by atoms with van der Waals surface area (Å²) in [6.07, 6.45) is 0. The highest BCUT2D eigenvalue weighted by Gasteiger charge is 2.08. The summed E-state index contributed by atoms with van der Waals surface area (Å²) in [7, 11) is 1.93. The lowest BCUT2D eigenvalue weighted by molar-refractivity contribution is -0.117. The van der Waals surface area contributed by atoms with Crippen molar-refractivity contribution < 1.29 is 4.79 Å². The lowest BCUT2D eigenvalue weighted by Gasteiger charge is -2.17. The molecule has 0 fully saturated rings. The summed E-state index contributed by atoms with van der Waals surface area (Å²) in [5.74, 6) is -0.0666. The summed E-state index contributed by atoms with van der Waals surface area (Å²) in [6, 6.07) is 15.6. The Kier molecular flexibility index (Phi) is 4.95. The van der Waals surface area contributed by atoms with Crippen LogP contribution in [0.25, 0.3) is 0 Å². The van der Waals surface area contributed by atoms with Gasteiger partial charge in [-0.15, -0.1) is 0 Å². The van der Waals surface area contributed by atoms with E-state index in [9.17, 15) is 4.79 Å². The molecule has 1 amide bonds. The number of benzene rings is 2. The maximum Gasteiger partial charge on any atom is 0.238 e. The molecule has 110 valence electrons. The number of aryl methyl sites for hydroxylation is 1. The smallest absolute Gasteiger partial charge is 0.238 e. The zero-order chi connectivity index (χ0) is 15.2. The van der Waals surface area contributed by atoms with E-state index in [1.165, 1.54) is 11.1 Å². The first kappa shape index (κ1) is 15.1. The number of hydrogen-bond acceptors (Lipinski definition) is 3. The predicted molar refractivity (Wildman–Crippen MR) is 87.0 cm³/mol. The van der Waals surface area contributed by atoms with E-state index < -0.39 is 0 Å². The van der Waals surface area contributed by atoms with Gasteiger partial charge in [0.2, 0.25) is 5.91 Å². The number of carbonyl (C=O) groups excluding carboxylic acids is 1. The third-order valence-corrected chi connectivity index (χ3v) is 3.18. The van der Waals surface area contributed by atoms with E-state index in [0.717, 1.165) is 6.54 Å². The molecule has 0 saturated heterocycles. The van der Waals surface area contributed by atoms with Crippen LogP contribution >= 0.6 is 0 Å². The molecule has 0 atom stereocenters. The van der Waals surface area contributed by atoms with Gasteiger partial charge in [-0.25, -0.2) is 0 Å². The first-order valence-electron chi connectivity index (χ1n) is 6.93. The lowest BCUT2D eigenvalue weighted by Crippen LogP contribution is -2.30. The Morgan fingerprint density at radius 1 is 1.19 bits per heavy atom. The van der Waals surface area contributed by atoms with E-state index in [1.807, 2.05) is 30.1 Å². The molecule has 2 rings (SSSR count). The Hall–Kier alpha value is -2.33. The number of nitrogens with one attached hydrogen (secondary N) is 1. The van der Waals surface area contributed by atoms with Crippen molar-refractivity contribution in [1.82, 2.24) is 4.90 Å². The molecule has 0 radical (unpaired) electrons. The summed E-state index contributed by atoms with van der Waals surface area (Å²) in [6.45, 7) is 3.12. The minimum Gasteiger partial charge on any atom is -0.397 e. The average molecular weight is 283 g/mol. The van der Waals surface area contributed by atoms with Crippen molar-refractivity contribution in [2.75, 3.05) is 24.6 Å². The van der Waals surface area contributed by atoms with E-state index in [-0.39, 0.29) is 5.91 Å². The van der Waals surface area contributed by atoms with E-state index in [1.54, 1.807) is 12.1 Å². The Morgan fingerprint density at radius 3 is 2.67 bits per heavy atom. The van der Waals surface area contributed by atoms with Crippen molar-refractivity contribution in [3.05, 3.63) is 59.7 Å². The van der Waals surface area contributed by atoms with Crippen LogP contribution in [0.2, 0.25) is 0 Å². The summed E-state index contributed by atoms with van der Waals surface area (Å²) in [5.41, 5.74) is 9.47. The second kappa shape index (κ2) is 6.90. The number of para-hydroxylation sites is 2. The van der Waals surface area contributed by atoms with Crippen molar-refractivity contribution in [3.8, 4) is 0 Å². The second-order valence-electron chi connectivity index (χ2n) is 5.30. The van der Waals surface area contributed by atoms with Gasteiger partial charge in [0, 0.05) is 6.54 Å². The van der Waals surface area contributed by atoms with Crippen LogP contribution in [0.3, 0.4) is 0 Å². The molecule has 4 nitrogen and oxygen atoms in total. The van der Waals surface area contributed by atoms with Crippen LogP contribution in [0, 0.1) is 6.92 Å². The number of anilines is 2. The zero-order valence-corrected chi connectivity index (χ0v) is 12.5. The molecule has 0 spiro atoms. The van der Waals surface area contributed by atoms with Crippen LogP contribution in [0.4, 0.5) is 11.4 Å². The fourth-order valence-corrected chi connectivity index (χ4v) is 2.22. The monoisotopic (exact) mass is 283 g/mol. The molecule has 0 unspecified atom stereocenters. The van der Waals surface area contributed by atoms with Crippen LogP contribution in [-0.2, 0) is 11.3 Å². The number of nitrogens with two attached hydrogens (primary N) is 1. The number of nitrogen functional groups attached to an aromatic ring is 1. The first-order valence-corrected chi connectivity index (χ1v) is 6.93. The molecular formula is C17H21N3O. The highest BCUT2D eigenvalue weighted by atomic mass is 16.2. The van der Waals surface area contributed by atoms with Gasteiger partial charge in [0.15, 0.2) is 0 Å². The Bertz CT molecular complexity index is 625. The predicted octanol–water partition coefficient (Wildman–Crippen LogP) is 2.65. The van der Waals surface area contributed by atoms with E-state index in [0.29, 0.717) is 17.9 Å². The van der Waals surface area contributed by atoms with Crippen molar-refractivity contribution in [3.63, 3.8) is 0 Å². The van der Waals surface area contributed by atoms with Crippen LogP contribution in [0.1, 0.15) is 11.1 Å². The van der Waals surface area contributed by atoms with Gasteiger partial charge >= 0.3 is 0 Å². The van der Waals surface area contributed by atoms with E-state index in [4.69, 9.17) is 5.73 Å². The van der Waals surface area contributed by atoms with Crippen molar-refractivity contribution in [2.24, 2.45) is 0 Å². The van der Waals surface area contributed by atoms with Crippen LogP contribution in [-0.4, -0.2) is 24.4 Å². The van der Waals surface area contributed by atoms with E-state index in [2.05, 4.69) is 30.4 Å². The van der Waals surface area contributed by atoms with E-state index >= 15 is 0 Å². The average Bonchev–Trinajstić information content (AvgIpc) is 2.41. The minimum atomic E-state index is -0.0666. The summed E-state index contributed by atoms with van der Waals surface area (Å²) < 4.78 is 0. The Balaban J connectivity index is 1.89.